The van der Waals surface area contributed by atoms with Crippen molar-refractivity contribution in [2.75, 3.05) is 20.3 Å². The molecule has 1 aliphatic heterocycles. The van der Waals surface area contributed by atoms with Crippen molar-refractivity contribution >= 4 is 16.9 Å². The first-order valence-electron chi connectivity index (χ1n) is 9.18. The third-order valence-corrected chi connectivity index (χ3v) is 5.65. The van der Waals surface area contributed by atoms with Crippen molar-refractivity contribution in [1.82, 2.24) is 14.9 Å². The Morgan fingerprint density at radius 2 is 2.31 bits per heavy atom. The summed E-state index contributed by atoms with van der Waals surface area (Å²) in [6, 6.07) is 7.85. The number of fused-ring (bicyclic) bond motifs is 2. The molecular formula is C19H25N3O4. The van der Waals surface area contributed by atoms with Crippen LogP contribution in [0.4, 0.5) is 0 Å². The molecule has 1 saturated heterocycles. The van der Waals surface area contributed by atoms with Gasteiger partial charge in [-0.25, -0.2) is 4.98 Å². The maximum absolute atomic E-state index is 12.5. The molecule has 26 heavy (non-hydrogen) atoms. The van der Waals surface area contributed by atoms with Crippen LogP contribution >= 0.6 is 0 Å². The predicted molar refractivity (Wildman–Crippen MR) is 95.4 cm³/mol. The number of carbonyl (C=O) groups excluding carboxylic acids is 1. The summed E-state index contributed by atoms with van der Waals surface area (Å²) in [6.07, 6.45) is 1.57. The zero-order valence-electron chi connectivity index (χ0n) is 14.9. The summed E-state index contributed by atoms with van der Waals surface area (Å²) in [7, 11) is 1.68. The standard InChI is InChI=1S/C19H25N3O4/c1-25-11-13-18(12-7-9-26-19(12)13)21-17(24)6-8-22-15-5-3-2-4-14(15)20-16(22)10-23/h2-5,12-13,18-19,23H,6-11H2,1H3,(H,21,24)/t12-,13+,18-,19-/m0/s1. The van der Waals surface area contributed by atoms with Crippen molar-refractivity contribution in [1.29, 1.82) is 0 Å². The number of aryl methyl sites for hydroxylation is 1. The first-order valence-corrected chi connectivity index (χ1v) is 9.18. The second-order valence-corrected chi connectivity index (χ2v) is 7.08. The van der Waals surface area contributed by atoms with Gasteiger partial charge in [-0.15, -0.1) is 0 Å². The fraction of sp³-hybridized carbons (Fsp3) is 0.579. The molecule has 2 heterocycles. The number of benzene rings is 1. The number of carbonyl (C=O) groups is 1. The molecule has 2 aliphatic rings. The summed E-state index contributed by atoms with van der Waals surface area (Å²) in [6.45, 7) is 1.72. The van der Waals surface area contributed by atoms with Gasteiger partial charge < -0.3 is 24.5 Å². The number of rotatable bonds is 7. The lowest BCUT2D eigenvalue weighted by molar-refractivity contribution is -0.130. The van der Waals surface area contributed by atoms with Gasteiger partial charge in [-0.3, -0.25) is 4.79 Å². The topological polar surface area (TPSA) is 85.6 Å². The number of nitrogens with one attached hydrogen (secondary N) is 1. The largest absolute Gasteiger partial charge is 0.388 e. The van der Waals surface area contributed by atoms with Crippen LogP contribution in [0.1, 0.15) is 18.7 Å². The first kappa shape index (κ1) is 17.5. The predicted octanol–water partition coefficient (Wildman–Crippen LogP) is 1.08. The van der Waals surface area contributed by atoms with Crippen LogP contribution in [-0.4, -0.2) is 53.0 Å². The van der Waals surface area contributed by atoms with E-state index in [1.54, 1.807) is 7.11 Å². The zero-order chi connectivity index (χ0) is 18.1. The highest BCUT2D eigenvalue weighted by atomic mass is 16.5. The van der Waals surface area contributed by atoms with E-state index < -0.39 is 0 Å². The summed E-state index contributed by atoms with van der Waals surface area (Å²) in [4.78, 5) is 17.0. The number of imidazole rings is 1. The number of ether oxygens (including phenoxy) is 2. The normalized spacial score (nSPS) is 27.3. The minimum Gasteiger partial charge on any atom is -0.388 e. The van der Waals surface area contributed by atoms with Crippen LogP contribution in [0.15, 0.2) is 24.3 Å². The molecular weight excluding hydrogens is 334 g/mol. The Morgan fingerprint density at radius 1 is 1.46 bits per heavy atom. The third kappa shape index (κ3) is 3.00. The molecule has 1 aliphatic carbocycles. The molecule has 1 saturated carbocycles. The highest BCUT2D eigenvalue weighted by molar-refractivity contribution is 5.78. The second kappa shape index (κ2) is 7.34. The molecule has 1 aromatic heterocycles. The number of hydrogen-bond donors (Lipinski definition) is 2. The van der Waals surface area contributed by atoms with Gasteiger partial charge in [0.05, 0.1) is 23.7 Å². The van der Waals surface area contributed by atoms with Gasteiger partial charge in [-0.05, 0) is 18.6 Å². The van der Waals surface area contributed by atoms with Crippen molar-refractivity contribution < 1.29 is 19.4 Å². The lowest BCUT2D eigenvalue weighted by Crippen LogP contribution is -2.62. The summed E-state index contributed by atoms with van der Waals surface area (Å²) < 4.78 is 13.0. The highest BCUT2D eigenvalue weighted by Gasteiger charge is 2.54. The summed E-state index contributed by atoms with van der Waals surface area (Å²) in [5.41, 5.74) is 1.77. The molecule has 0 bridgehead atoms. The van der Waals surface area contributed by atoms with E-state index in [1.165, 1.54) is 0 Å². The van der Waals surface area contributed by atoms with Crippen molar-refractivity contribution in [3.63, 3.8) is 0 Å². The Bertz CT molecular complexity index is 790. The van der Waals surface area contributed by atoms with Crippen LogP contribution in [0.25, 0.3) is 11.0 Å². The Hall–Kier alpha value is -1.96. The van der Waals surface area contributed by atoms with Gasteiger partial charge in [0.15, 0.2) is 0 Å². The van der Waals surface area contributed by atoms with E-state index in [9.17, 15) is 9.90 Å². The molecule has 2 N–H and O–H groups in total. The van der Waals surface area contributed by atoms with E-state index >= 15 is 0 Å². The lowest BCUT2D eigenvalue weighted by atomic mass is 9.67. The summed E-state index contributed by atoms with van der Waals surface area (Å²) in [5, 5.41) is 12.7. The van der Waals surface area contributed by atoms with Gasteiger partial charge in [0.1, 0.15) is 12.4 Å². The Morgan fingerprint density at radius 3 is 3.12 bits per heavy atom. The van der Waals surface area contributed by atoms with Gasteiger partial charge in [0, 0.05) is 44.6 Å². The zero-order valence-corrected chi connectivity index (χ0v) is 14.9. The Kier molecular flexibility index (Phi) is 4.93. The molecule has 1 amide bonds. The van der Waals surface area contributed by atoms with E-state index in [4.69, 9.17) is 9.47 Å². The molecule has 2 aromatic rings. The molecule has 4 atom stereocenters. The monoisotopic (exact) mass is 359 g/mol. The molecule has 7 nitrogen and oxygen atoms in total. The van der Waals surface area contributed by atoms with E-state index in [0.29, 0.717) is 31.3 Å². The van der Waals surface area contributed by atoms with Gasteiger partial charge in [0.25, 0.3) is 0 Å². The van der Waals surface area contributed by atoms with Gasteiger partial charge in [0.2, 0.25) is 5.91 Å². The molecule has 0 radical (unpaired) electrons. The number of hydrogen-bond acceptors (Lipinski definition) is 5. The van der Waals surface area contributed by atoms with Gasteiger partial charge in [-0.2, -0.15) is 0 Å². The smallest absolute Gasteiger partial charge is 0.222 e. The van der Waals surface area contributed by atoms with Gasteiger partial charge >= 0.3 is 0 Å². The van der Waals surface area contributed by atoms with E-state index in [-0.39, 0.29) is 30.6 Å². The third-order valence-electron chi connectivity index (χ3n) is 5.65. The van der Waals surface area contributed by atoms with Crippen molar-refractivity contribution in [3.05, 3.63) is 30.1 Å². The Labute approximate surface area is 152 Å². The SMILES string of the molecule is COC[C@@H]1[C@@H](NC(=O)CCn2c(CO)nc3ccccc32)[C@@H]2CCO[C@H]12. The summed E-state index contributed by atoms with van der Waals surface area (Å²) >= 11 is 0. The molecule has 0 spiro atoms. The van der Waals surface area contributed by atoms with E-state index in [1.807, 2.05) is 28.8 Å². The molecule has 0 unspecified atom stereocenters. The number of methoxy groups -OCH3 is 1. The van der Waals surface area contributed by atoms with Crippen LogP contribution in [0.2, 0.25) is 0 Å². The van der Waals surface area contributed by atoms with Crippen molar-refractivity contribution in [2.24, 2.45) is 11.8 Å². The van der Waals surface area contributed by atoms with E-state index in [0.717, 1.165) is 24.1 Å². The van der Waals surface area contributed by atoms with Crippen LogP contribution in [0.3, 0.4) is 0 Å². The minimum atomic E-state index is -0.143. The molecule has 140 valence electrons. The number of aliphatic hydroxyl groups excluding tert-OH is 1. The summed E-state index contributed by atoms with van der Waals surface area (Å²) in [5.74, 6) is 1.24. The molecule has 7 heteroatoms. The quantitative estimate of drug-likeness (QED) is 0.773. The highest BCUT2D eigenvalue weighted by Crippen LogP contribution is 2.43. The minimum absolute atomic E-state index is 0.0168. The first-order chi connectivity index (χ1) is 12.7. The molecule has 2 fully saturated rings. The van der Waals surface area contributed by atoms with Gasteiger partial charge in [-0.1, -0.05) is 12.1 Å². The Balaban J connectivity index is 1.40. The fourth-order valence-corrected chi connectivity index (χ4v) is 4.40. The second-order valence-electron chi connectivity index (χ2n) is 7.08. The molecule has 1 aromatic carbocycles. The number of amides is 1. The van der Waals surface area contributed by atoms with Crippen LogP contribution in [-0.2, 0) is 27.4 Å². The number of nitrogens with zero attached hydrogens (tertiary/aromatic N) is 2. The fourth-order valence-electron chi connectivity index (χ4n) is 4.40. The van der Waals surface area contributed by atoms with Crippen molar-refractivity contribution in [3.8, 4) is 0 Å². The number of para-hydroxylation sites is 2. The average molecular weight is 359 g/mol. The van der Waals surface area contributed by atoms with Crippen LogP contribution < -0.4 is 5.32 Å². The van der Waals surface area contributed by atoms with E-state index in [2.05, 4.69) is 10.3 Å². The number of aliphatic hydroxyl groups is 1. The van der Waals surface area contributed by atoms with Crippen molar-refractivity contribution in [2.45, 2.75) is 38.1 Å². The maximum atomic E-state index is 12.5. The van der Waals surface area contributed by atoms with Crippen LogP contribution in [0, 0.1) is 11.8 Å². The average Bonchev–Trinajstić information content (AvgIpc) is 3.24. The van der Waals surface area contributed by atoms with Crippen LogP contribution in [0.5, 0.6) is 0 Å². The number of aromatic nitrogens is 2. The maximum Gasteiger partial charge on any atom is 0.222 e. The lowest BCUT2D eigenvalue weighted by Gasteiger charge is -2.47. The molecule has 4 rings (SSSR count).